The summed E-state index contributed by atoms with van der Waals surface area (Å²) in [5, 5.41) is 8.97. The van der Waals surface area contributed by atoms with Gasteiger partial charge in [0, 0.05) is 18.8 Å². The fraction of sp³-hybridized carbons (Fsp3) is 0.364. The van der Waals surface area contributed by atoms with Crippen LogP contribution < -0.4 is 9.64 Å². The second-order valence-electron chi connectivity index (χ2n) is 6.82. The molecule has 2 aromatic carbocycles. The number of carbonyl (C=O) groups excluding carboxylic acids is 1. The van der Waals surface area contributed by atoms with E-state index in [4.69, 9.17) is 10.00 Å². The minimum atomic E-state index is -0.0133. The molecule has 2 rings (SSSR count). The second-order valence-corrected chi connectivity index (χ2v) is 6.82. The van der Waals surface area contributed by atoms with Crippen LogP contribution in [0.5, 0.6) is 5.75 Å². The van der Waals surface area contributed by atoms with Crippen molar-refractivity contribution in [3.8, 4) is 11.8 Å². The van der Waals surface area contributed by atoms with Crippen LogP contribution >= 0.6 is 0 Å². The van der Waals surface area contributed by atoms with Gasteiger partial charge in [-0.25, -0.2) is 0 Å². The van der Waals surface area contributed by atoms with Gasteiger partial charge in [0.25, 0.3) is 0 Å². The van der Waals surface area contributed by atoms with Crippen molar-refractivity contribution in [3.05, 3.63) is 59.2 Å². The molecule has 0 aliphatic heterocycles. The Bertz CT molecular complexity index is 806. The third-order valence-electron chi connectivity index (χ3n) is 4.26. The smallest absolute Gasteiger partial charge is 0.241 e. The summed E-state index contributed by atoms with van der Waals surface area (Å²) in [7, 11) is 3.56. The maximum Gasteiger partial charge on any atom is 0.241 e. The molecule has 0 bridgehead atoms. The van der Waals surface area contributed by atoms with Gasteiger partial charge < -0.3 is 9.64 Å². The topological polar surface area (TPSA) is 56.6 Å². The van der Waals surface area contributed by atoms with Crippen molar-refractivity contribution in [2.45, 2.75) is 26.8 Å². The van der Waals surface area contributed by atoms with Gasteiger partial charge in [-0.05, 0) is 61.9 Å². The molecule has 0 saturated carbocycles. The number of benzene rings is 2. The van der Waals surface area contributed by atoms with Gasteiger partial charge in [0.05, 0.1) is 26.1 Å². The number of methoxy groups -OCH3 is 1. The Labute approximate surface area is 161 Å². The first-order chi connectivity index (χ1) is 12.9. The van der Waals surface area contributed by atoms with Crippen molar-refractivity contribution in [1.82, 2.24) is 4.90 Å². The molecule has 1 amide bonds. The lowest BCUT2D eigenvalue weighted by Crippen LogP contribution is -2.39. The van der Waals surface area contributed by atoms with Gasteiger partial charge in [0.2, 0.25) is 5.91 Å². The Kier molecular flexibility index (Phi) is 7.39. The Morgan fingerprint density at radius 3 is 2.48 bits per heavy atom. The predicted octanol–water partition coefficient (Wildman–Crippen LogP) is 3.69. The summed E-state index contributed by atoms with van der Waals surface area (Å²) in [5.74, 6) is 0.791. The maximum absolute atomic E-state index is 12.9. The molecule has 0 fully saturated rings. The highest BCUT2D eigenvalue weighted by Crippen LogP contribution is 2.20. The van der Waals surface area contributed by atoms with E-state index >= 15 is 0 Å². The van der Waals surface area contributed by atoms with Crippen LogP contribution in [0, 0.1) is 25.2 Å². The summed E-state index contributed by atoms with van der Waals surface area (Å²) in [6.07, 6.45) is 0.304. The first kappa shape index (κ1) is 20.5. The number of likely N-dealkylation sites (N-methyl/N-ethyl adjacent to an activating group) is 1. The highest BCUT2D eigenvalue weighted by Gasteiger charge is 2.18. The highest BCUT2D eigenvalue weighted by atomic mass is 16.5. The molecule has 5 heteroatoms. The molecule has 0 unspecified atom stereocenters. The molecule has 0 spiro atoms. The van der Waals surface area contributed by atoms with E-state index < -0.39 is 0 Å². The van der Waals surface area contributed by atoms with Gasteiger partial charge in [0.1, 0.15) is 5.75 Å². The number of carbonyl (C=O) groups is 1. The molecule has 0 N–H and O–H groups in total. The number of hydrogen-bond donors (Lipinski definition) is 0. The molecular formula is C22H27N3O2. The highest BCUT2D eigenvalue weighted by molar-refractivity contribution is 5.95. The van der Waals surface area contributed by atoms with E-state index in [0.29, 0.717) is 19.5 Å². The monoisotopic (exact) mass is 365 g/mol. The first-order valence-electron chi connectivity index (χ1n) is 9.00. The van der Waals surface area contributed by atoms with Crippen LogP contribution in [-0.4, -0.2) is 38.1 Å². The summed E-state index contributed by atoms with van der Waals surface area (Å²) < 4.78 is 5.26. The average Bonchev–Trinajstić information content (AvgIpc) is 2.61. The standard InChI is InChI=1S/C22H27N3O2/c1-17-11-18(2)13-20(12-17)25(10-6-9-23)22(26)16-24(3)15-19-7-5-8-21(14-19)27-4/h5,7-8,11-14H,6,10,15-16H2,1-4H3. The lowest BCUT2D eigenvalue weighted by atomic mass is 10.1. The molecule has 0 aliphatic rings. The van der Waals surface area contributed by atoms with Gasteiger partial charge >= 0.3 is 0 Å². The summed E-state index contributed by atoms with van der Waals surface area (Å²) in [6.45, 7) is 5.33. The quantitative estimate of drug-likeness (QED) is 0.716. The minimum absolute atomic E-state index is 0.0133. The van der Waals surface area contributed by atoms with E-state index in [1.807, 2.05) is 62.2 Å². The lowest BCUT2D eigenvalue weighted by Gasteiger charge is -2.26. The van der Waals surface area contributed by atoms with E-state index in [-0.39, 0.29) is 12.5 Å². The normalized spacial score (nSPS) is 10.5. The van der Waals surface area contributed by atoms with Crippen LogP contribution in [0.1, 0.15) is 23.1 Å². The number of anilines is 1. The van der Waals surface area contributed by atoms with Gasteiger partial charge in [-0.15, -0.1) is 0 Å². The first-order valence-corrected chi connectivity index (χ1v) is 9.00. The van der Waals surface area contributed by atoms with Crippen molar-refractivity contribution < 1.29 is 9.53 Å². The van der Waals surface area contributed by atoms with Gasteiger partial charge in [-0.1, -0.05) is 18.2 Å². The number of ether oxygens (including phenoxy) is 1. The molecule has 0 radical (unpaired) electrons. The molecule has 5 nitrogen and oxygen atoms in total. The van der Waals surface area contributed by atoms with Crippen molar-refractivity contribution in [1.29, 1.82) is 5.26 Å². The Morgan fingerprint density at radius 1 is 1.15 bits per heavy atom. The molecule has 27 heavy (non-hydrogen) atoms. The third kappa shape index (κ3) is 6.12. The van der Waals surface area contributed by atoms with Crippen molar-refractivity contribution in [3.63, 3.8) is 0 Å². The van der Waals surface area contributed by atoms with E-state index in [9.17, 15) is 4.79 Å². The van der Waals surface area contributed by atoms with E-state index in [0.717, 1.165) is 28.1 Å². The number of aryl methyl sites for hydroxylation is 2. The predicted molar refractivity (Wildman–Crippen MR) is 108 cm³/mol. The van der Waals surface area contributed by atoms with Crippen LogP contribution in [0.3, 0.4) is 0 Å². The Balaban J connectivity index is 2.11. The SMILES string of the molecule is COc1cccc(CN(C)CC(=O)N(CCC#N)c2cc(C)cc(C)c2)c1. The van der Waals surface area contributed by atoms with Crippen molar-refractivity contribution in [2.24, 2.45) is 0 Å². The zero-order chi connectivity index (χ0) is 19.8. The van der Waals surface area contributed by atoms with Gasteiger partial charge in [-0.2, -0.15) is 5.26 Å². The fourth-order valence-corrected chi connectivity index (χ4v) is 3.12. The number of rotatable bonds is 8. The minimum Gasteiger partial charge on any atom is -0.497 e. The summed E-state index contributed by atoms with van der Waals surface area (Å²) in [5.41, 5.74) is 4.14. The molecule has 0 heterocycles. The van der Waals surface area contributed by atoms with E-state index in [1.165, 1.54) is 0 Å². The largest absolute Gasteiger partial charge is 0.497 e. The van der Waals surface area contributed by atoms with E-state index in [1.54, 1.807) is 12.0 Å². The maximum atomic E-state index is 12.9. The Hall–Kier alpha value is -2.84. The average molecular weight is 365 g/mol. The lowest BCUT2D eigenvalue weighted by molar-refractivity contribution is -0.119. The van der Waals surface area contributed by atoms with Gasteiger partial charge in [0.15, 0.2) is 0 Å². The van der Waals surface area contributed by atoms with Gasteiger partial charge in [-0.3, -0.25) is 9.69 Å². The van der Waals surface area contributed by atoms with Crippen molar-refractivity contribution >= 4 is 11.6 Å². The fourth-order valence-electron chi connectivity index (χ4n) is 3.12. The number of nitrogens with zero attached hydrogens (tertiary/aromatic N) is 3. The summed E-state index contributed by atoms with van der Waals surface area (Å²) in [4.78, 5) is 16.6. The molecule has 0 atom stereocenters. The van der Waals surface area contributed by atoms with Crippen LogP contribution in [0.2, 0.25) is 0 Å². The zero-order valence-electron chi connectivity index (χ0n) is 16.5. The summed E-state index contributed by atoms with van der Waals surface area (Å²) >= 11 is 0. The van der Waals surface area contributed by atoms with Crippen LogP contribution in [0.25, 0.3) is 0 Å². The van der Waals surface area contributed by atoms with E-state index in [2.05, 4.69) is 12.1 Å². The molecule has 142 valence electrons. The zero-order valence-corrected chi connectivity index (χ0v) is 16.5. The van der Waals surface area contributed by atoms with Crippen LogP contribution in [0.4, 0.5) is 5.69 Å². The van der Waals surface area contributed by atoms with Crippen LogP contribution in [0.15, 0.2) is 42.5 Å². The molecule has 0 saturated heterocycles. The Morgan fingerprint density at radius 2 is 1.85 bits per heavy atom. The molecule has 2 aromatic rings. The number of amides is 1. The van der Waals surface area contributed by atoms with Crippen LogP contribution in [-0.2, 0) is 11.3 Å². The number of hydrogen-bond acceptors (Lipinski definition) is 4. The molecular weight excluding hydrogens is 338 g/mol. The third-order valence-corrected chi connectivity index (χ3v) is 4.26. The molecule has 0 aromatic heterocycles. The second kappa shape index (κ2) is 9.75. The summed E-state index contributed by atoms with van der Waals surface area (Å²) in [6, 6.07) is 16.0. The van der Waals surface area contributed by atoms with Crippen molar-refractivity contribution in [2.75, 3.05) is 32.1 Å². The number of nitriles is 1. The molecule has 0 aliphatic carbocycles.